The average Bonchev–Trinajstić information content (AvgIpc) is 2.80. The minimum atomic E-state index is -5.76. The van der Waals surface area contributed by atoms with E-state index in [0.29, 0.717) is 30.9 Å². The molecule has 0 saturated carbocycles. The molecule has 3 aliphatic rings. The molecule has 1 aliphatic carbocycles. The van der Waals surface area contributed by atoms with Crippen LogP contribution in [0.4, 0.5) is 13.2 Å². The van der Waals surface area contributed by atoms with E-state index in [9.17, 15) is 26.4 Å². The van der Waals surface area contributed by atoms with Crippen LogP contribution in [0.1, 0.15) is 31.4 Å². The van der Waals surface area contributed by atoms with Gasteiger partial charge >= 0.3 is 15.6 Å². The zero-order valence-corrected chi connectivity index (χ0v) is 19.9. The van der Waals surface area contributed by atoms with Crippen molar-refractivity contribution in [2.45, 2.75) is 49.8 Å². The Morgan fingerprint density at radius 3 is 2.60 bits per heavy atom. The highest BCUT2D eigenvalue weighted by Crippen LogP contribution is 2.50. The summed E-state index contributed by atoms with van der Waals surface area (Å²) in [6.07, 6.45) is 0.253. The van der Waals surface area contributed by atoms with E-state index in [0.717, 1.165) is 11.1 Å². The Balaban J connectivity index is 1.40. The van der Waals surface area contributed by atoms with Gasteiger partial charge in [-0.25, -0.2) is 0 Å². The van der Waals surface area contributed by atoms with Crippen LogP contribution in [0.25, 0.3) is 0 Å². The van der Waals surface area contributed by atoms with Gasteiger partial charge in [-0.1, -0.05) is 32.0 Å². The molecule has 35 heavy (non-hydrogen) atoms. The van der Waals surface area contributed by atoms with Crippen molar-refractivity contribution in [3.8, 4) is 17.2 Å². The number of ether oxygens (including phenoxy) is 2. The number of halogens is 3. The summed E-state index contributed by atoms with van der Waals surface area (Å²) in [5, 5.41) is 0. The van der Waals surface area contributed by atoms with Crippen LogP contribution in [0.5, 0.6) is 17.2 Å². The minimum Gasteiger partial charge on any atom is -0.485 e. The molecule has 11 heteroatoms. The van der Waals surface area contributed by atoms with Crippen molar-refractivity contribution in [1.82, 2.24) is 4.90 Å². The maximum Gasteiger partial charge on any atom is 0.534 e. The highest BCUT2D eigenvalue weighted by molar-refractivity contribution is 7.88. The van der Waals surface area contributed by atoms with E-state index in [1.165, 1.54) is 12.1 Å². The SMILES string of the molecule is C[C@H]1[C@H]2Cc3ccc(OS(=O)(=O)C(F)(F)F)cc3[C@]1(C)CCN2C(=O)[C@H]1COc2ccccc2O1. The number of nitrogens with zero attached hydrogens (tertiary/aromatic N) is 1. The zero-order chi connectivity index (χ0) is 25.2. The summed E-state index contributed by atoms with van der Waals surface area (Å²) in [4.78, 5) is 15.3. The first kappa shape index (κ1) is 23.8. The van der Waals surface area contributed by atoms with Crippen molar-refractivity contribution in [2.75, 3.05) is 13.2 Å². The van der Waals surface area contributed by atoms with Crippen LogP contribution in [0, 0.1) is 5.92 Å². The lowest BCUT2D eigenvalue weighted by molar-refractivity contribution is -0.148. The van der Waals surface area contributed by atoms with Crippen LogP contribution in [-0.4, -0.2) is 50.0 Å². The van der Waals surface area contributed by atoms with Gasteiger partial charge in [0.1, 0.15) is 12.4 Å². The number of fused-ring (bicyclic) bond motifs is 5. The highest BCUT2D eigenvalue weighted by Gasteiger charge is 2.52. The third kappa shape index (κ3) is 3.89. The summed E-state index contributed by atoms with van der Waals surface area (Å²) in [7, 11) is -5.76. The fourth-order valence-electron chi connectivity index (χ4n) is 5.42. The van der Waals surface area contributed by atoms with Crippen molar-refractivity contribution in [3.63, 3.8) is 0 Å². The number of piperidine rings is 1. The predicted octanol–water partition coefficient (Wildman–Crippen LogP) is 3.81. The van der Waals surface area contributed by atoms with E-state index in [1.807, 2.05) is 24.8 Å². The minimum absolute atomic E-state index is 0.0426. The number of rotatable bonds is 3. The van der Waals surface area contributed by atoms with Gasteiger partial charge in [-0.2, -0.15) is 21.6 Å². The molecule has 2 aromatic carbocycles. The van der Waals surface area contributed by atoms with Gasteiger partial charge in [-0.15, -0.1) is 0 Å². The monoisotopic (exact) mass is 511 g/mol. The Kier molecular flexibility index (Phi) is 5.46. The Morgan fingerprint density at radius 2 is 1.89 bits per heavy atom. The standard InChI is InChI=1S/C24H24F3NO6S/c1-14-18-11-15-7-8-16(34-35(30,31)24(25,26)27)12-17(15)23(14,2)9-10-28(18)22(29)21-13-32-19-5-3-4-6-20(19)33-21/h3-8,12,14,18,21H,9-11,13H2,1-2H3/t14-,18+,21+,23+/m0/s1. The topological polar surface area (TPSA) is 82.1 Å². The van der Waals surface area contributed by atoms with Crippen molar-refractivity contribution in [1.29, 1.82) is 0 Å². The first-order valence-corrected chi connectivity index (χ1v) is 12.6. The van der Waals surface area contributed by atoms with Gasteiger partial charge in [0.25, 0.3) is 5.91 Å². The smallest absolute Gasteiger partial charge is 0.485 e. The maximum absolute atomic E-state index is 13.5. The molecule has 0 aromatic heterocycles. The summed E-state index contributed by atoms with van der Waals surface area (Å²) in [6.45, 7) is 4.52. The van der Waals surface area contributed by atoms with E-state index in [4.69, 9.17) is 9.47 Å². The molecule has 188 valence electrons. The van der Waals surface area contributed by atoms with Crippen molar-refractivity contribution in [2.24, 2.45) is 5.92 Å². The van der Waals surface area contributed by atoms with Crippen molar-refractivity contribution < 1.29 is 40.0 Å². The molecule has 1 saturated heterocycles. The summed E-state index contributed by atoms with van der Waals surface area (Å²) in [5.41, 5.74) is -4.40. The van der Waals surface area contributed by atoms with Gasteiger partial charge in [0.2, 0.25) is 6.10 Å². The molecule has 0 unspecified atom stereocenters. The summed E-state index contributed by atoms with van der Waals surface area (Å²) in [5.74, 6) is 0.519. The van der Waals surface area contributed by atoms with E-state index >= 15 is 0 Å². The van der Waals surface area contributed by atoms with E-state index in [2.05, 4.69) is 4.18 Å². The number of para-hydroxylation sites is 2. The summed E-state index contributed by atoms with van der Waals surface area (Å²) in [6, 6.07) is 11.2. The van der Waals surface area contributed by atoms with Crippen molar-refractivity contribution in [3.05, 3.63) is 53.6 Å². The normalized spacial score (nSPS) is 27.7. The molecule has 4 atom stereocenters. The van der Waals surface area contributed by atoms with Crippen LogP contribution in [0.15, 0.2) is 42.5 Å². The zero-order valence-electron chi connectivity index (χ0n) is 19.0. The maximum atomic E-state index is 13.5. The molecule has 7 nitrogen and oxygen atoms in total. The molecule has 2 aromatic rings. The van der Waals surface area contributed by atoms with E-state index in [-0.39, 0.29) is 30.2 Å². The molecule has 1 fully saturated rings. The second-order valence-corrected chi connectivity index (χ2v) is 11.0. The van der Waals surface area contributed by atoms with Gasteiger partial charge < -0.3 is 18.6 Å². The van der Waals surface area contributed by atoms with Gasteiger partial charge in [-0.05, 0) is 59.6 Å². The van der Waals surface area contributed by atoms with Crippen LogP contribution in [0.3, 0.4) is 0 Å². The Morgan fingerprint density at radius 1 is 1.17 bits per heavy atom. The number of carbonyl (C=O) groups is 1. The fraction of sp³-hybridized carbons (Fsp3) is 0.458. The highest BCUT2D eigenvalue weighted by atomic mass is 32.2. The van der Waals surface area contributed by atoms with E-state index in [1.54, 1.807) is 24.3 Å². The quantitative estimate of drug-likeness (QED) is 0.461. The average molecular weight is 512 g/mol. The lowest BCUT2D eigenvalue weighted by Gasteiger charge is -2.55. The number of amides is 1. The summed E-state index contributed by atoms with van der Waals surface area (Å²) >= 11 is 0. The third-order valence-corrected chi connectivity index (χ3v) is 8.52. The van der Waals surface area contributed by atoms with Crippen LogP contribution in [0.2, 0.25) is 0 Å². The molecule has 2 bridgehead atoms. The molecular formula is C24H24F3NO6S. The largest absolute Gasteiger partial charge is 0.534 e. The number of benzene rings is 2. The number of hydrogen-bond acceptors (Lipinski definition) is 6. The molecule has 1 amide bonds. The molecule has 0 spiro atoms. The Hall–Kier alpha value is -2.95. The van der Waals surface area contributed by atoms with Crippen molar-refractivity contribution >= 4 is 16.0 Å². The number of likely N-dealkylation sites (tertiary alicyclic amines) is 1. The van der Waals surface area contributed by atoms with Crippen LogP contribution in [-0.2, 0) is 26.7 Å². The van der Waals surface area contributed by atoms with Gasteiger partial charge in [0.05, 0.1) is 0 Å². The van der Waals surface area contributed by atoms with Crippen LogP contribution >= 0.6 is 0 Å². The number of hydrogen-bond donors (Lipinski definition) is 0. The third-order valence-electron chi connectivity index (χ3n) is 7.54. The molecular weight excluding hydrogens is 487 g/mol. The molecule has 0 radical (unpaired) electrons. The Bertz CT molecular complexity index is 1280. The fourth-order valence-corrected chi connectivity index (χ4v) is 5.88. The van der Waals surface area contributed by atoms with Crippen LogP contribution < -0.4 is 13.7 Å². The summed E-state index contributed by atoms with van der Waals surface area (Å²) < 4.78 is 77.3. The van der Waals surface area contributed by atoms with Gasteiger partial charge in [-0.3, -0.25) is 4.79 Å². The second kappa shape index (κ2) is 8.04. The first-order valence-electron chi connectivity index (χ1n) is 11.2. The molecule has 5 rings (SSSR count). The van der Waals surface area contributed by atoms with Gasteiger partial charge in [0.15, 0.2) is 11.5 Å². The lowest BCUT2D eigenvalue weighted by Crippen LogP contribution is -2.62. The second-order valence-electron chi connectivity index (χ2n) is 9.43. The van der Waals surface area contributed by atoms with E-state index < -0.39 is 27.1 Å². The molecule has 0 N–H and O–H groups in total. The Labute approximate surface area is 200 Å². The molecule has 2 heterocycles. The first-order chi connectivity index (χ1) is 16.4. The predicted molar refractivity (Wildman–Crippen MR) is 119 cm³/mol. The number of alkyl halides is 3. The van der Waals surface area contributed by atoms with Gasteiger partial charge in [0, 0.05) is 12.6 Å². The number of carbonyl (C=O) groups excluding carboxylic acids is 1. The lowest BCUT2D eigenvalue weighted by atomic mass is 9.59. The molecule has 2 aliphatic heterocycles.